The van der Waals surface area contributed by atoms with Crippen LogP contribution in [0.3, 0.4) is 0 Å². The first-order valence-corrected chi connectivity index (χ1v) is 12.2. The third kappa shape index (κ3) is 5.29. The number of carbonyl (C=O) groups is 3. The molecule has 7 heteroatoms. The van der Waals surface area contributed by atoms with E-state index in [0.29, 0.717) is 39.0 Å². The van der Waals surface area contributed by atoms with E-state index in [4.69, 9.17) is 4.74 Å². The summed E-state index contributed by atoms with van der Waals surface area (Å²) < 4.78 is 5.79. The van der Waals surface area contributed by atoms with Gasteiger partial charge < -0.3 is 9.64 Å². The predicted molar refractivity (Wildman–Crippen MR) is 125 cm³/mol. The van der Waals surface area contributed by atoms with Crippen molar-refractivity contribution in [2.75, 3.05) is 39.3 Å². The van der Waals surface area contributed by atoms with Crippen LogP contribution in [0.1, 0.15) is 33.1 Å². The zero-order valence-electron chi connectivity index (χ0n) is 19.7. The number of hydrogen-bond donors (Lipinski definition) is 0. The summed E-state index contributed by atoms with van der Waals surface area (Å²) in [6.07, 6.45) is 5.66. The Morgan fingerprint density at radius 3 is 2.15 bits per heavy atom. The number of carbonyl (C=O) groups excluding carboxylic acids is 3. The van der Waals surface area contributed by atoms with Crippen LogP contribution in [-0.4, -0.2) is 77.8 Å². The molecule has 3 aliphatic rings. The largest absolute Gasteiger partial charge is 0.492 e. The van der Waals surface area contributed by atoms with E-state index in [2.05, 4.69) is 4.90 Å². The summed E-state index contributed by atoms with van der Waals surface area (Å²) in [4.78, 5) is 45.2. The Morgan fingerprint density at radius 1 is 0.970 bits per heavy atom. The van der Waals surface area contributed by atoms with Gasteiger partial charge in [0.05, 0.1) is 11.8 Å². The molecule has 33 heavy (non-hydrogen) atoms. The van der Waals surface area contributed by atoms with E-state index in [1.807, 2.05) is 61.2 Å². The fourth-order valence-electron chi connectivity index (χ4n) is 5.11. The van der Waals surface area contributed by atoms with Gasteiger partial charge in [0.1, 0.15) is 18.4 Å². The molecule has 1 aromatic rings. The molecule has 7 nitrogen and oxygen atoms in total. The smallest absolute Gasteiger partial charge is 0.245 e. The number of para-hydroxylation sites is 1. The Balaban J connectivity index is 1.34. The highest BCUT2D eigenvalue weighted by Crippen LogP contribution is 2.37. The van der Waals surface area contributed by atoms with Gasteiger partial charge in [0, 0.05) is 32.7 Å². The molecule has 0 radical (unpaired) electrons. The van der Waals surface area contributed by atoms with Crippen molar-refractivity contribution in [3.63, 3.8) is 0 Å². The number of nitrogens with zero attached hydrogens (tertiary/aromatic N) is 3. The van der Waals surface area contributed by atoms with Crippen molar-refractivity contribution in [2.24, 2.45) is 17.8 Å². The Hall–Kier alpha value is -2.67. The molecule has 2 saturated heterocycles. The lowest BCUT2D eigenvalue weighted by Gasteiger charge is -2.38. The van der Waals surface area contributed by atoms with Crippen molar-refractivity contribution in [1.82, 2.24) is 14.7 Å². The number of fused-ring (bicyclic) bond motifs is 1. The Labute approximate surface area is 196 Å². The van der Waals surface area contributed by atoms with Gasteiger partial charge in [-0.25, -0.2) is 0 Å². The number of hydrogen-bond acceptors (Lipinski definition) is 5. The van der Waals surface area contributed by atoms with Crippen LogP contribution in [-0.2, 0) is 14.4 Å². The summed E-state index contributed by atoms with van der Waals surface area (Å²) in [6, 6.07) is 9.06. The number of amides is 3. The quantitative estimate of drug-likeness (QED) is 0.447. The molecule has 4 rings (SSSR count). The summed E-state index contributed by atoms with van der Waals surface area (Å²) in [5.41, 5.74) is 0. The second kappa shape index (κ2) is 10.5. The molecule has 1 aliphatic carbocycles. The van der Waals surface area contributed by atoms with Crippen LogP contribution in [0.25, 0.3) is 0 Å². The zero-order chi connectivity index (χ0) is 23.4. The number of allylic oxidation sites excluding steroid dienone is 2. The van der Waals surface area contributed by atoms with E-state index >= 15 is 0 Å². The molecular formula is C26H35N3O4. The van der Waals surface area contributed by atoms with E-state index < -0.39 is 6.04 Å². The van der Waals surface area contributed by atoms with Gasteiger partial charge in [-0.05, 0) is 37.3 Å². The molecule has 0 N–H and O–H groups in total. The zero-order valence-corrected chi connectivity index (χ0v) is 19.7. The highest BCUT2D eigenvalue weighted by atomic mass is 16.5. The van der Waals surface area contributed by atoms with Gasteiger partial charge in [0.2, 0.25) is 17.7 Å². The first-order valence-electron chi connectivity index (χ1n) is 12.2. The van der Waals surface area contributed by atoms with Crippen LogP contribution in [0.15, 0.2) is 42.5 Å². The van der Waals surface area contributed by atoms with Gasteiger partial charge >= 0.3 is 0 Å². The summed E-state index contributed by atoms with van der Waals surface area (Å²) in [5.74, 6) is 0.0559. The lowest BCUT2D eigenvalue weighted by Crippen LogP contribution is -2.56. The molecule has 0 saturated carbocycles. The van der Waals surface area contributed by atoms with Crippen LogP contribution < -0.4 is 4.74 Å². The molecule has 2 heterocycles. The predicted octanol–water partition coefficient (Wildman–Crippen LogP) is 2.58. The average molecular weight is 454 g/mol. The number of benzene rings is 1. The van der Waals surface area contributed by atoms with Crippen LogP contribution in [0.4, 0.5) is 0 Å². The highest BCUT2D eigenvalue weighted by Gasteiger charge is 2.51. The van der Waals surface area contributed by atoms with Gasteiger partial charge in [0.25, 0.3) is 0 Å². The van der Waals surface area contributed by atoms with Gasteiger partial charge in [-0.15, -0.1) is 0 Å². The second-order valence-corrected chi connectivity index (χ2v) is 9.68. The van der Waals surface area contributed by atoms with E-state index in [9.17, 15) is 14.4 Å². The topological polar surface area (TPSA) is 70.2 Å². The normalized spacial score (nSPS) is 24.3. The first-order chi connectivity index (χ1) is 16.0. The van der Waals surface area contributed by atoms with Crippen molar-refractivity contribution in [1.29, 1.82) is 0 Å². The van der Waals surface area contributed by atoms with Crippen LogP contribution >= 0.6 is 0 Å². The van der Waals surface area contributed by atoms with Crippen molar-refractivity contribution in [2.45, 2.75) is 39.2 Å². The monoisotopic (exact) mass is 453 g/mol. The number of rotatable bonds is 8. The maximum absolute atomic E-state index is 13.5. The van der Waals surface area contributed by atoms with Crippen molar-refractivity contribution >= 4 is 17.7 Å². The number of ether oxygens (including phenoxy) is 1. The van der Waals surface area contributed by atoms with E-state index in [1.165, 1.54) is 4.90 Å². The second-order valence-electron chi connectivity index (χ2n) is 9.68. The number of piperazine rings is 1. The van der Waals surface area contributed by atoms with Crippen molar-refractivity contribution < 1.29 is 19.1 Å². The van der Waals surface area contributed by atoms with E-state index in [0.717, 1.165) is 25.4 Å². The first kappa shape index (κ1) is 23.5. The lowest BCUT2D eigenvalue weighted by atomic mass is 9.85. The van der Waals surface area contributed by atoms with Crippen LogP contribution in [0, 0.1) is 17.8 Å². The molecule has 0 spiro atoms. The van der Waals surface area contributed by atoms with Gasteiger partial charge in [0.15, 0.2) is 0 Å². The molecule has 0 aromatic heterocycles. The Morgan fingerprint density at radius 2 is 1.58 bits per heavy atom. The molecular weight excluding hydrogens is 418 g/mol. The maximum Gasteiger partial charge on any atom is 0.245 e. The summed E-state index contributed by atoms with van der Waals surface area (Å²) in [6.45, 7) is 8.18. The third-order valence-electron chi connectivity index (χ3n) is 6.94. The van der Waals surface area contributed by atoms with Crippen molar-refractivity contribution in [3.05, 3.63) is 42.5 Å². The minimum atomic E-state index is -0.691. The average Bonchev–Trinajstić information content (AvgIpc) is 3.08. The van der Waals surface area contributed by atoms with Crippen molar-refractivity contribution in [3.8, 4) is 5.75 Å². The molecule has 2 fully saturated rings. The summed E-state index contributed by atoms with van der Waals surface area (Å²) in [5, 5.41) is 0. The highest BCUT2D eigenvalue weighted by molar-refractivity contribution is 6.08. The maximum atomic E-state index is 13.5. The number of likely N-dealkylation sites (tertiary alicyclic amines) is 1. The molecule has 3 unspecified atom stereocenters. The van der Waals surface area contributed by atoms with Gasteiger partial charge in [-0.3, -0.25) is 24.2 Å². The Kier molecular flexibility index (Phi) is 7.48. The molecule has 0 bridgehead atoms. The standard InChI is InChI=1S/C26H35N3O4/c1-19(2)18-23(29-24(30)21-10-6-7-11-22(21)25(29)31)26(32)28-14-12-27(13-15-28)16-17-33-20-8-4-3-5-9-20/h3-9,19,21-23H,10-18H2,1-2H3. The fraction of sp³-hybridized carbons (Fsp3) is 0.577. The van der Waals surface area contributed by atoms with Gasteiger partial charge in [-0.1, -0.05) is 44.2 Å². The van der Waals surface area contributed by atoms with Crippen LogP contribution in [0.5, 0.6) is 5.75 Å². The van der Waals surface area contributed by atoms with Gasteiger partial charge in [-0.2, -0.15) is 0 Å². The molecule has 2 aliphatic heterocycles. The fourth-order valence-corrected chi connectivity index (χ4v) is 5.11. The lowest BCUT2D eigenvalue weighted by molar-refractivity contribution is -0.153. The molecule has 1 aromatic carbocycles. The third-order valence-corrected chi connectivity index (χ3v) is 6.94. The van der Waals surface area contributed by atoms with Crippen LogP contribution in [0.2, 0.25) is 0 Å². The summed E-state index contributed by atoms with van der Waals surface area (Å²) in [7, 11) is 0. The number of imide groups is 1. The molecule has 178 valence electrons. The Bertz CT molecular complexity index is 851. The van der Waals surface area contributed by atoms with E-state index in [-0.39, 0.29) is 35.5 Å². The minimum Gasteiger partial charge on any atom is -0.492 e. The minimum absolute atomic E-state index is 0.0859. The SMILES string of the molecule is CC(C)CC(C(=O)N1CCN(CCOc2ccccc2)CC1)N1C(=O)C2CC=CCC2C1=O. The molecule has 3 amide bonds. The summed E-state index contributed by atoms with van der Waals surface area (Å²) >= 11 is 0. The van der Waals surface area contributed by atoms with E-state index in [1.54, 1.807) is 0 Å². The molecule has 3 atom stereocenters.